The van der Waals surface area contributed by atoms with Crippen LogP contribution in [0.2, 0.25) is 0 Å². The molecule has 1 rings (SSSR count). The molecule has 1 aliphatic rings. The van der Waals surface area contributed by atoms with Gasteiger partial charge in [0.05, 0.1) is 12.6 Å². The lowest BCUT2D eigenvalue weighted by Crippen LogP contribution is -2.45. The van der Waals surface area contributed by atoms with Crippen LogP contribution in [0.1, 0.15) is 26.7 Å². The summed E-state index contributed by atoms with van der Waals surface area (Å²) in [6.45, 7) is 6.84. The van der Waals surface area contributed by atoms with Crippen LogP contribution in [-0.2, 0) is 4.74 Å². The summed E-state index contributed by atoms with van der Waals surface area (Å²) < 4.78 is 5.18. The van der Waals surface area contributed by atoms with E-state index in [0.29, 0.717) is 19.7 Å². The Morgan fingerprint density at radius 3 is 2.88 bits per heavy atom. The van der Waals surface area contributed by atoms with Crippen molar-refractivity contribution in [2.24, 2.45) is 11.1 Å². The predicted molar refractivity (Wildman–Crippen MR) is 63.2 cm³/mol. The van der Waals surface area contributed by atoms with E-state index in [1.54, 1.807) is 0 Å². The lowest BCUT2D eigenvalue weighted by Gasteiger charge is -2.24. The molecule has 0 aromatic rings. The van der Waals surface area contributed by atoms with E-state index in [1.807, 2.05) is 0 Å². The summed E-state index contributed by atoms with van der Waals surface area (Å²) in [5.41, 5.74) is 5.56. The molecular weight excluding hydrogens is 206 g/mol. The Bertz CT molecular complexity index is 225. The summed E-state index contributed by atoms with van der Waals surface area (Å²) in [6, 6.07) is 0.0539. The maximum Gasteiger partial charge on any atom is 0.315 e. The summed E-state index contributed by atoms with van der Waals surface area (Å²) in [6.07, 6.45) is 1.80. The molecule has 0 aromatic heterocycles. The first kappa shape index (κ1) is 13.3. The van der Waals surface area contributed by atoms with E-state index in [0.717, 1.165) is 19.4 Å². The number of nitrogens with two attached hydrogens (primary N) is 1. The van der Waals surface area contributed by atoms with Gasteiger partial charge in [0, 0.05) is 13.2 Å². The summed E-state index contributed by atoms with van der Waals surface area (Å²) in [5.74, 6) is 0. The van der Waals surface area contributed by atoms with E-state index in [1.165, 1.54) is 0 Å². The molecule has 0 aliphatic carbocycles. The van der Waals surface area contributed by atoms with Crippen LogP contribution in [0.4, 0.5) is 4.79 Å². The summed E-state index contributed by atoms with van der Waals surface area (Å²) >= 11 is 0. The highest BCUT2D eigenvalue weighted by Gasteiger charge is 2.20. The summed E-state index contributed by atoms with van der Waals surface area (Å²) in [7, 11) is 0. The maximum atomic E-state index is 11.5. The van der Waals surface area contributed by atoms with Crippen molar-refractivity contribution in [3.05, 3.63) is 0 Å². The van der Waals surface area contributed by atoms with Crippen molar-refractivity contribution >= 4 is 6.03 Å². The van der Waals surface area contributed by atoms with Crippen LogP contribution in [0.25, 0.3) is 0 Å². The Morgan fingerprint density at radius 2 is 2.31 bits per heavy atom. The SMILES string of the molecule is CC(C)(CCN)CNC(=O)NC1CCOC1. The fourth-order valence-corrected chi connectivity index (χ4v) is 1.68. The van der Waals surface area contributed by atoms with Gasteiger partial charge in [0.25, 0.3) is 0 Å². The quantitative estimate of drug-likeness (QED) is 0.640. The molecule has 0 aromatic carbocycles. The molecule has 0 bridgehead atoms. The van der Waals surface area contributed by atoms with Crippen molar-refractivity contribution < 1.29 is 9.53 Å². The lowest BCUT2D eigenvalue weighted by molar-refractivity contribution is 0.188. The minimum absolute atomic E-state index is 0.0538. The van der Waals surface area contributed by atoms with Crippen molar-refractivity contribution in [1.29, 1.82) is 0 Å². The number of carbonyl (C=O) groups is 1. The number of urea groups is 1. The zero-order valence-electron chi connectivity index (χ0n) is 10.2. The van der Waals surface area contributed by atoms with Crippen LogP contribution in [-0.4, -0.2) is 38.4 Å². The molecule has 2 amide bonds. The minimum Gasteiger partial charge on any atom is -0.379 e. The van der Waals surface area contributed by atoms with Crippen LogP contribution in [0.5, 0.6) is 0 Å². The van der Waals surface area contributed by atoms with Crippen LogP contribution in [0.15, 0.2) is 0 Å². The Morgan fingerprint density at radius 1 is 1.56 bits per heavy atom. The van der Waals surface area contributed by atoms with Crippen LogP contribution in [0.3, 0.4) is 0 Å². The second-order valence-electron chi connectivity index (χ2n) is 5.09. The van der Waals surface area contributed by atoms with Gasteiger partial charge >= 0.3 is 6.03 Å². The third-order valence-corrected chi connectivity index (χ3v) is 2.81. The molecule has 1 heterocycles. The van der Waals surface area contributed by atoms with Crippen LogP contribution in [0, 0.1) is 5.41 Å². The van der Waals surface area contributed by atoms with Gasteiger partial charge in [0.15, 0.2) is 0 Å². The number of nitrogens with one attached hydrogen (secondary N) is 2. The average Bonchev–Trinajstić information content (AvgIpc) is 2.68. The van der Waals surface area contributed by atoms with E-state index in [9.17, 15) is 4.79 Å². The van der Waals surface area contributed by atoms with E-state index in [-0.39, 0.29) is 17.5 Å². The molecule has 16 heavy (non-hydrogen) atoms. The first-order valence-corrected chi connectivity index (χ1v) is 5.86. The van der Waals surface area contributed by atoms with Gasteiger partial charge in [-0.05, 0) is 24.8 Å². The number of carbonyl (C=O) groups excluding carboxylic acids is 1. The van der Waals surface area contributed by atoms with Crippen molar-refractivity contribution in [3.8, 4) is 0 Å². The maximum absolute atomic E-state index is 11.5. The van der Waals surface area contributed by atoms with Crippen molar-refractivity contribution in [2.75, 3.05) is 26.3 Å². The Balaban J connectivity index is 2.18. The van der Waals surface area contributed by atoms with Crippen molar-refractivity contribution in [3.63, 3.8) is 0 Å². The van der Waals surface area contributed by atoms with Crippen molar-refractivity contribution in [2.45, 2.75) is 32.7 Å². The average molecular weight is 229 g/mol. The number of hydrogen-bond acceptors (Lipinski definition) is 3. The van der Waals surface area contributed by atoms with E-state index in [4.69, 9.17) is 10.5 Å². The highest BCUT2D eigenvalue weighted by molar-refractivity contribution is 5.74. The Hall–Kier alpha value is -0.810. The number of amides is 2. The fourth-order valence-electron chi connectivity index (χ4n) is 1.68. The number of rotatable bonds is 5. The molecule has 1 atom stereocenters. The number of ether oxygens (including phenoxy) is 1. The molecule has 5 nitrogen and oxygen atoms in total. The van der Waals surface area contributed by atoms with E-state index < -0.39 is 0 Å². The fraction of sp³-hybridized carbons (Fsp3) is 0.909. The van der Waals surface area contributed by atoms with Gasteiger partial charge in [-0.2, -0.15) is 0 Å². The van der Waals surface area contributed by atoms with E-state index >= 15 is 0 Å². The third kappa shape index (κ3) is 4.81. The van der Waals surface area contributed by atoms with Gasteiger partial charge in [-0.3, -0.25) is 0 Å². The molecule has 0 saturated carbocycles. The standard InChI is InChI=1S/C11H23N3O2/c1-11(2,4-5-12)8-13-10(15)14-9-3-6-16-7-9/h9H,3-8,12H2,1-2H3,(H2,13,14,15). The van der Waals surface area contributed by atoms with Crippen LogP contribution >= 0.6 is 0 Å². The summed E-state index contributed by atoms with van der Waals surface area (Å²) in [5, 5.41) is 5.76. The molecular formula is C11H23N3O2. The molecule has 94 valence electrons. The second-order valence-corrected chi connectivity index (χ2v) is 5.09. The van der Waals surface area contributed by atoms with Gasteiger partial charge in [-0.1, -0.05) is 13.8 Å². The summed E-state index contributed by atoms with van der Waals surface area (Å²) in [4.78, 5) is 11.5. The zero-order valence-corrected chi connectivity index (χ0v) is 10.2. The van der Waals surface area contributed by atoms with Crippen molar-refractivity contribution in [1.82, 2.24) is 10.6 Å². The third-order valence-electron chi connectivity index (χ3n) is 2.81. The number of hydrogen-bond donors (Lipinski definition) is 3. The van der Waals surface area contributed by atoms with Gasteiger partial charge in [-0.25, -0.2) is 4.79 Å². The first-order chi connectivity index (χ1) is 7.53. The predicted octanol–water partition coefficient (Wildman–Crippen LogP) is 0.450. The first-order valence-electron chi connectivity index (χ1n) is 5.86. The Kier molecular flexibility index (Phi) is 5.02. The monoisotopic (exact) mass is 229 g/mol. The molecule has 5 heteroatoms. The van der Waals surface area contributed by atoms with Gasteiger partial charge in [-0.15, -0.1) is 0 Å². The minimum atomic E-state index is -0.111. The zero-order chi connectivity index (χ0) is 12.0. The normalized spacial score (nSPS) is 20.8. The topological polar surface area (TPSA) is 76.4 Å². The second kappa shape index (κ2) is 6.06. The van der Waals surface area contributed by atoms with Gasteiger partial charge < -0.3 is 21.1 Å². The molecule has 1 saturated heterocycles. The molecule has 0 spiro atoms. The van der Waals surface area contributed by atoms with Crippen LogP contribution < -0.4 is 16.4 Å². The highest BCUT2D eigenvalue weighted by atomic mass is 16.5. The smallest absolute Gasteiger partial charge is 0.315 e. The Labute approximate surface area is 97.1 Å². The molecule has 4 N–H and O–H groups in total. The van der Waals surface area contributed by atoms with Gasteiger partial charge in [0.2, 0.25) is 0 Å². The molecule has 1 aliphatic heterocycles. The van der Waals surface area contributed by atoms with Gasteiger partial charge in [0.1, 0.15) is 0 Å². The largest absolute Gasteiger partial charge is 0.379 e. The molecule has 1 unspecified atom stereocenters. The lowest BCUT2D eigenvalue weighted by atomic mass is 9.89. The molecule has 0 radical (unpaired) electrons. The van der Waals surface area contributed by atoms with E-state index in [2.05, 4.69) is 24.5 Å². The highest BCUT2D eigenvalue weighted by Crippen LogP contribution is 2.17. The molecule has 1 fully saturated rings.